The number of carbonyl (C=O) groups excluding carboxylic acids is 1. The number of hydrogen-bond donors (Lipinski definition) is 2. The van der Waals surface area contributed by atoms with Crippen LogP contribution in [0.15, 0.2) is 90.0 Å². The molecular formula is C27H22N2O5. The summed E-state index contributed by atoms with van der Waals surface area (Å²) in [6, 6.07) is 25.0. The van der Waals surface area contributed by atoms with Crippen LogP contribution in [-0.4, -0.2) is 30.3 Å². The number of rotatable bonds is 8. The minimum atomic E-state index is -0.985. The van der Waals surface area contributed by atoms with Crippen LogP contribution < -0.4 is 14.9 Å². The maximum Gasteiger partial charge on any atom is 0.335 e. The zero-order valence-corrected chi connectivity index (χ0v) is 18.4. The summed E-state index contributed by atoms with van der Waals surface area (Å²) >= 11 is 0. The second kappa shape index (κ2) is 10.3. The van der Waals surface area contributed by atoms with E-state index in [4.69, 9.17) is 14.6 Å². The number of benzene rings is 4. The van der Waals surface area contributed by atoms with E-state index < -0.39 is 5.97 Å². The van der Waals surface area contributed by atoms with E-state index in [2.05, 4.69) is 10.5 Å². The largest absolute Gasteiger partial charge is 0.493 e. The van der Waals surface area contributed by atoms with Crippen LogP contribution in [0, 0.1) is 0 Å². The quantitative estimate of drug-likeness (QED) is 0.292. The molecule has 7 nitrogen and oxygen atoms in total. The van der Waals surface area contributed by atoms with E-state index >= 15 is 0 Å². The zero-order chi connectivity index (χ0) is 23.9. The first kappa shape index (κ1) is 22.5. The molecule has 0 bridgehead atoms. The van der Waals surface area contributed by atoms with Crippen molar-refractivity contribution in [3.05, 3.63) is 107 Å². The van der Waals surface area contributed by atoms with Gasteiger partial charge in [0.15, 0.2) is 11.5 Å². The summed E-state index contributed by atoms with van der Waals surface area (Å²) in [5.74, 6) is -0.352. The highest BCUT2D eigenvalue weighted by Crippen LogP contribution is 2.31. The van der Waals surface area contributed by atoms with Gasteiger partial charge in [-0.1, -0.05) is 48.5 Å². The monoisotopic (exact) mass is 454 g/mol. The first-order valence-electron chi connectivity index (χ1n) is 10.5. The molecule has 0 aliphatic heterocycles. The molecule has 0 aliphatic carbocycles. The molecule has 34 heavy (non-hydrogen) atoms. The number of carboxylic acids is 1. The van der Waals surface area contributed by atoms with E-state index in [1.165, 1.54) is 25.5 Å². The molecule has 0 saturated heterocycles. The molecule has 2 N–H and O–H groups in total. The number of carboxylic acid groups (broad SMARTS) is 1. The average molecular weight is 454 g/mol. The lowest BCUT2D eigenvalue weighted by Crippen LogP contribution is -2.17. The molecule has 0 saturated carbocycles. The van der Waals surface area contributed by atoms with Crippen LogP contribution in [-0.2, 0) is 6.61 Å². The predicted octanol–water partition coefficient (Wildman–Crippen LogP) is 4.89. The van der Waals surface area contributed by atoms with Crippen LogP contribution >= 0.6 is 0 Å². The van der Waals surface area contributed by atoms with Gasteiger partial charge in [0.1, 0.15) is 6.61 Å². The van der Waals surface area contributed by atoms with E-state index in [-0.39, 0.29) is 18.1 Å². The second-order valence-corrected chi connectivity index (χ2v) is 7.43. The number of aromatic carboxylic acids is 1. The topological polar surface area (TPSA) is 97.2 Å². The molecule has 0 heterocycles. The molecule has 4 rings (SSSR count). The molecule has 0 fully saturated rings. The highest BCUT2D eigenvalue weighted by atomic mass is 16.5. The zero-order valence-electron chi connectivity index (χ0n) is 18.4. The van der Waals surface area contributed by atoms with E-state index in [0.717, 1.165) is 16.3 Å². The Morgan fingerprint density at radius 2 is 1.65 bits per heavy atom. The van der Waals surface area contributed by atoms with Gasteiger partial charge in [-0.2, -0.15) is 5.10 Å². The van der Waals surface area contributed by atoms with Gasteiger partial charge in [-0.25, -0.2) is 10.2 Å². The van der Waals surface area contributed by atoms with Crippen LogP contribution in [0.25, 0.3) is 10.8 Å². The summed E-state index contributed by atoms with van der Waals surface area (Å²) in [7, 11) is 1.53. The number of fused-ring (bicyclic) bond motifs is 1. The van der Waals surface area contributed by atoms with E-state index in [9.17, 15) is 9.59 Å². The summed E-state index contributed by atoms with van der Waals surface area (Å²) in [6.07, 6.45) is 1.49. The molecule has 0 radical (unpaired) electrons. The van der Waals surface area contributed by atoms with Gasteiger partial charge >= 0.3 is 5.97 Å². The normalized spacial score (nSPS) is 10.9. The van der Waals surface area contributed by atoms with Crippen molar-refractivity contribution in [3.8, 4) is 11.5 Å². The number of carbonyl (C=O) groups is 2. The molecule has 0 spiro atoms. The Hall–Kier alpha value is -4.65. The number of methoxy groups -OCH3 is 1. The van der Waals surface area contributed by atoms with Gasteiger partial charge in [0, 0.05) is 11.1 Å². The minimum absolute atomic E-state index is 0.199. The summed E-state index contributed by atoms with van der Waals surface area (Å²) in [6.45, 7) is 0.199. The van der Waals surface area contributed by atoms with Gasteiger partial charge in [0.25, 0.3) is 5.91 Å². The Balaban J connectivity index is 1.47. The second-order valence-electron chi connectivity index (χ2n) is 7.43. The number of hydrogen-bond acceptors (Lipinski definition) is 5. The van der Waals surface area contributed by atoms with Crippen molar-refractivity contribution in [3.63, 3.8) is 0 Å². The van der Waals surface area contributed by atoms with Gasteiger partial charge in [-0.15, -0.1) is 0 Å². The molecule has 1 amide bonds. The Morgan fingerprint density at radius 3 is 2.38 bits per heavy atom. The highest BCUT2D eigenvalue weighted by molar-refractivity contribution is 5.99. The van der Waals surface area contributed by atoms with Crippen LogP contribution in [0.4, 0.5) is 0 Å². The first-order valence-corrected chi connectivity index (χ1v) is 10.5. The summed E-state index contributed by atoms with van der Waals surface area (Å²) in [4.78, 5) is 23.6. The van der Waals surface area contributed by atoms with E-state index in [1.54, 1.807) is 36.4 Å². The minimum Gasteiger partial charge on any atom is -0.493 e. The maximum absolute atomic E-state index is 12.6. The molecular weight excluding hydrogens is 432 g/mol. The third-order valence-electron chi connectivity index (χ3n) is 5.19. The van der Waals surface area contributed by atoms with Crippen LogP contribution in [0.1, 0.15) is 31.8 Å². The van der Waals surface area contributed by atoms with Crippen molar-refractivity contribution in [2.75, 3.05) is 7.11 Å². The lowest BCUT2D eigenvalue weighted by Gasteiger charge is -2.13. The number of amides is 1. The standard InChI is InChI=1S/C27H22N2O5/c1-33-24-8-4-7-23(25(24)34-17-18-9-11-20(12-10-18)27(31)32)16-28-29-26(30)22-14-13-19-5-2-3-6-21(19)15-22/h2-16H,17H2,1H3,(H,29,30)(H,31,32)/b28-16-. The number of ether oxygens (including phenoxy) is 2. The lowest BCUT2D eigenvalue weighted by molar-refractivity contribution is 0.0696. The summed E-state index contributed by atoms with van der Waals surface area (Å²) < 4.78 is 11.4. The average Bonchev–Trinajstić information content (AvgIpc) is 2.87. The molecule has 4 aromatic rings. The summed E-state index contributed by atoms with van der Waals surface area (Å²) in [5.41, 5.74) is 4.66. The van der Waals surface area contributed by atoms with Crippen LogP contribution in [0.3, 0.4) is 0 Å². The van der Waals surface area contributed by atoms with Crippen molar-refractivity contribution >= 4 is 28.9 Å². The van der Waals surface area contributed by atoms with Crippen LogP contribution in [0.2, 0.25) is 0 Å². The number of para-hydroxylation sites is 1. The van der Waals surface area contributed by atoms with Crippen molar-refractivity contribution in [2.24, 2.45) is 5.10 Å². The third-order valence-corrected chi connectivity index (χ3v) is 5.19. The van der Waals surface area contributed by atoms with Crippen molar-refractivity contribution in [1.82, 2.24) is 5.43 Å². The van der Waals surface area contributed by atoms with Crippen molar-refractivity contribution in [2.45, 2.75) is 6.61 Å². The lowest BCUT2D eigenvalue weighted by atomic mass is 10.1. The Labute approximate surface area is 196 Å². The molecule has 0 atom stereocenters. The Kier molecular flexibility index (Phi) is 6.84. The molecule has 0 unspecified atom stereocenters. The van der Waals surface area contributed by atoms with Gasteiger partial charge in [-0.3, -0.25) is 4.79 Å². The number of nitrogens with zero attached hydrogens (tertiary/aromatic N) is 1. The van der Waals surface area contributed by atoms with E-state index in [1.807, 2.05) is 36.4 Å². The fourth-order valence-electron chi connectivity index (χ4n) is 3.40. The molecule has 170 valence electrons. The van der Waals surface area contributed by atoms with Crippen molar-refractivity contribution in [1.29, 1.82) is 0 Å². The summed E-state index contributed by atoms with van der Waals surface area (Å²) in [5, 5.41) is 15.2. The molecule has 7 heteroatoms. The fourth-order valence-corrected chi connectivity index (χ4v) is 3.40. The van der Waals surface area contributed by atoms with Gasteiger partial charge in [0.05, 0.1) is 18.9 Å². The Morgan fingerprint density at radius 1 is 0.912 bits per heavy atom. The van der Waals surface area contributed by atoms with Gasteiger partial charge in [0.2, 0.25) is 0 Å². The first-order chi connectivity index (χ1) is 16.5. The van der Waals surface area contributed by atoms with E-state index in [0.29, 0.717) is 22.6 Å². The highest BCUT2D eigenvalue weighted by Gasteiger charge is 2.11. The third kappa shape index (κ3) is 5.21. The smallest absolute Gasteiger partial charge is 0.335 e. The fraction of sp³-hybridized carbons (Fsp3) is 0.0741. The van der Waals surface area contributed by atoms with Crippen molar-refractivity contribution < 1.29 is 24.2 Å². The number of nitrogens with one attached hydrogen (secondary N) is 1. The Bertz CT molecular complexity index is 1360. The molecule has 0 aromatic heterocycles. The predicted molar refractivity (Wildman–Crippen MR) is 130 cm³/mol. The van der Waals surface area contributed by atoms with Gasteiger partial charge < -0.3 is 14.6 Å². The maximum atomic E-state index is 12.6. The SMILES string of the molecule is COc1cccc(/C=N\NC(=O)c2ccc3ccccc3c2)c1OCc1ccc(C(=O)O)cc1. The molecule has 0 aliphatic rings. The van der Waals surface area contributed by atoms with Crippen LogP contribution in [0.5, 0.6) is 11.5 Å². The number of hydrazone groups is 1. The van der Waals surface area contributed by atoms with Gasteiger partial charge in [-0.05, 0) is 52.7 Å². The molecule has 4 aromatic carbocycles.